The van der Waals surface area contributed by atoms with Crippen LogP contribution in [0.25, 0.3) is 0 Å². The Bertz CT molecular complexity index is 574. The van der Waals surface area contributed by atoms with Gasteiger partial charge in [-0.2, -0.15) is 13.2 Å². The van der Waals surface area contributed by atoms with Gasteiger partial charge in [-0.1, -0.05) is 50.7 Å². The average Bonchev–Trinajstić information content (AvgIpc) is 2.34. The maximum Gasteiger partial charge on any atom is 0.416 e. The smallest absolute Gasteiger partial charge is 0.300 e. The molecule has 1 aromatic rings. The quantitative estimate of drug-likeness (QED) is 0.733. The van der Waals surface area contributed by atoms with Crippen LogP contribution in [0.15, 0.2) is 24.3 Å². The van der Waals surface area contributed by atoms with Crippen LogP contribution < -0.4 is 0 Å². The highest BCUT2D eigenvalue weighted by molar-refractivity contribution is 8.14. The maximum atomic E-state index is 12.8. The monoisotopic (exact) mass is 346 g/mol. The summed E-state index contributed by atoms with van der Waals surface area (Å²) in [7, 11) is 0. The van der Waals surface area contributed by atoms with Crippen LogP contribution in [0.4, 0.5) is 13.2 Å². The standard InChI is InChI=1S/C17H21F3O2S/c1-11(21)8-13(10-15(22)23-16(2,3)4)12-6-5-7-14(9-12)17(18,19)20/h5-7,9,13H,8,10H2,1-4H3/t13-/m0/s1. The van der Waals surface area contributed by atoms with Crippen LogP contribution in [0.5, 0.6) is 0 Å². The molecule has 1 aromatic carbocycles. The third-order valence-electron chi connectivity index (χ3n) is 3.05. The first-order chi connectivity index (χ1) is 10.4. The Labute approximate surface area is 138 Å². The van der Waals surface area contributed by atoms with E-state index >= 15 is 0 Å². The first-order valence-electron chi connectivity index (χ1n) is 7.27. The Hall–Kier alpha value is -1.30. The molecule has 128 valence electrons. The molecule has 0 N–H and O–H groups in total. The lowest BCUT2D eigenvalue weighted by molar-refractivity contribution is -0.137. The molecule has 0 bridgehead atoms. The third-order valence-corrected chi connectivity index (χ3v) is 4.06. The van der Waals surface area contributed by atoms with Crippen molar-refractivity contribution in [1.29, 1.82) is 0 Å². The van der Waals surface area contributed by atoms with Gasteiger partial charge in [-0.3, -0.25) is 4.79 Å². The molecule has 0 heterocycles. The first-order valence-corrected chi connectivity index (χ1v) is 8.08. The van der Waals surface area contributed by atoms with Crippen LogP contribution in [0, 0.1) is 0 Å². The Kier molecular flexibility index (Phi) is 6.45. The Morgan fingerprint density at radius 2 is 1.74 bits per heavy atom. The summed E-state index contributed by atoms with van der Waals surface area (Å²) in [6, 6.07) is 4.87. The molecule has 0 saturated carbocycles. The summed E-state index contributed by atoms with van der Waals surface area (Å²) >= 11 is 1.14. The summed E-state index contributed by atoms with van der Waals surface area (Å²) < 4.78 is 38.3. The van der Waals surface area contributed by atoms with Gasteiger partial charge < -0.3 is 4.79 Å². The van der Waals surface area contributed by atoms with Crippen LogP contribution in [0.3, 0.4) is 0 Å². The maximum absolute atomic E-state index is 12.8. The Morgan fingerprint density at radius 3 is 2.22 bits per heavy atom. The highest BCUT2D eigenvalue weighted by atomic mass is 32.2. The summed E-state index contributed by atoms with van der Waals surface area (Å²) in [5, 5.41) is -0.124. The van der Waals surface area contributed by atoms with Gasteiger partial charge in [0.25, 0.3) is 0 Å². The van der Waals surface area contributed by atoms with Crippen LogP contribution in [-0.4, -0.2) is 15.6 Å². The number of Topliss-reactive ketones (excluding diaryl/α,β-unsaturated/α-hetero) is 1. The minimum absolute atomic E-state index is 0.0445. The van der Waals surface area contributed by atoms with Gasteiger partial charge in [-0.15, -0.1) is 0 Å². The van der Waals surface area contributed by atoms with E-state index in [0.29, 0.717) is 5.56 Å². The lowest BCUT2D eigenvalue weighted by atomic mass is 9.90. The zero-order valence-electron chi connectivity index (χ0n) is 13.7. The molecular formula is C17H21F3O2S. The van der Waals surface area contributed by atoms with E-state index in [1.807, 2.05) is 20.8 Å². The minimum atomic E-state index is -4.44. The molecule has 0 saturated heterocycles. The molecule has 1 rings (SSSR count). The minimum Gasteiger partial charge on any atom is -0.300 e. The second-order valence-corrected chi connectivity index (χ2v) is 8.40. The predicted octanol–water partition coefficient (Wildman–Crippen LogP) is 5.22. The lowest BCUT2D eigenvalue weighted by Crippen LogP contribution is -2.15. The third kappa shape index (κ3) is 7.20. The van der Waals surface area contributed by atoms with Gasteiger partial charge in [0.2, 0.25) is 0 Å². The van der Waals surface area contributed by atoms with Crippen LogP contribution in [0.2, 0.25) is 0 Å². The summed E-state index contributed by atoms with van der Waals surface area (Å²) in [4.78, 5) is 23.6. The van der Waals surface area contributed by atoms with Crippen molar-refractivity contribution in [3.05, 3.63) is 35.4 Å². The highest BCUT2D eigenvalue weighted by Gasteiger charge is 2.31. The second-order valence-electron chi connectivity index (χ2n) is 6.52. The van der Waals surface area contributed by atoms with Crippen molar-refractivity contribution >= 4 is 22.7 Å². The van der Waals surface area contributed by atoms with E-state index < -0.39 is 17.7 Å². The molecule has 6 heteroatoms. The lowest BCUT2D eigenvalue weighted by Gasteiger charge is -2.20. The average molecular weight is 346 g/mol. The van der Waals surface area contributed by atoms with E-state index in [2.05, 4.69) is 0 Å². The van der Waals surface area contributed by atoms with Gasteiger partial charge in [0.1, 0.15) is 5.78 Å². The highest BCUT2D eigenvalue weighted by Crippen LogP contribution is 2.35. The van der Waals surface area contributed by atoms with Gasteiger partial charge >= 0.3 is 6.18 Å². The van der Waals surface area contributed by atoms with E-state index in [-0.39, 0.29) is 28.5 Å². The number of alkyl halides is 3. The number of ketones is 1. The molecule has 0 radical (unpaired) electrons. The molecule has 0 aliphatic heterocycles. The van der Waals surface area contributed by atoms with Crippen LogP contribution >= 0.6 is 11.8 Å². The molecule has 23 heavy (non-hydrogen) atoms. The van der Waals surface area contributed by atoms with Gasteiger partial charge in [0.15, 0.2) is 5.12 Å². The van der Waals surface area contributed by atoms with E-state index in [1.165, 1.54) is 19.1 Å². The largest absolute Gasteiger partial charge is 0.416 e. The number of hydrogen-bond acceptors (Lipinski definition) is 3. The van der Waals surface area contributed by atoms with Crippen molar-refractivity contribution in [3.63, 3.8) is 0 Å². The molecule has 0 unspecified atom stereocenters. The van der Waals surface area contributed by atoms with Gasteiger partial charge in [0.05, 0.1) is 5.56 Å². The van der Waals surface area contributed by atoms with Crippen molar-refractivity contribution in [1.82, 2.24) is 0 Å². The molecule has 1 atom stereocenters. The molecule has 0 spiro atoms. The molecular weight excluding hydrogens is 325 g/mol. The van der Waals surface area contributed by atoms with E-state index in [0.717, 1.165) is 23.9 Å². The van der Waals surface area contributed by atoms with Crippen LogP contribution in [0.1, 0.15) is 57.6 Å². The molecule has 0 aliphatic rings. The van der Waals surface area contributed by atoms with Crippen molar-refractivity contribution < 1.29 is 22.8 Å². The van der Waals surface area contributed by atoms with E-state index in [1.54, 1.807) is 0 Å². The Balaban J connectivity index is 3.03. The first kappa shape index (κ1) is 19.7. The second kappa shape index (κ2) is 7.51. The molecule has 0 fully saturated rings. The fourth-order valence-electron chi connectivity index (χ4n) is 2.21. The zero-order valence-corrected chi connectivity index (χ0v) is 14.5. The normalized spacial score (nSPS) is 13.7. The number of carbonyl (C=O) groups is 2. The molecule has 0 amide bonds. The van der Waals surface area contributed by atoms with Gasteiger partial charge in [-0.25, -0.2) is 0 Å². The number of carbonyl (C=O) groups excluding carboxylic acids is 2. The molecule has 0 aromatic heterocycles. The van der Waals surface area contributed by atoms with Gasteiger partial charge in [0, 0.05) is 17.6 Å². The van der Waals surface area contributed by atoms with Crippen molar-refractivity contribution in [2.45, 2.75) is 57.4 Å². The van der Waals surface area contributed by atoms with Crippen molar-refractivity contribution in [2.75, 3.05) is 0 Å². The number of rotatable bonds is 5. The van der Waals surface area contributed by atoms with E-state index in [9.17, 15) is 22.8 Å². The SMILES string of the molecule is CC(=O)C[C@@H](CC(=O)SC(C)(C)C)c1cccc(C(F)(F)F)c1. The fourth-order valence-corrected chi connectivity index (χ4v) is 3.18. The van der Waals surface area contributed by atoms with Gasteiger partial charge in [-0.05, 0) is 24.5 Å². The summed E-state index contributed by atoms with van der Waals surface area (Å²) in [6.07, 6.45) is -4.35. The summed E-state index contributed by atoms with van der Waals surface area (Å²) in [5.74, 6) is -0.682. The van der Waals surface area contributed by atoms with E-state index in [4.69, 9.17) is 0 Å². The topological polar surface area (TPSA) is 34.1 Å². The fraction of sp³-hybridized carbons (Fsp3) is 0.529. The molecule has 2 nitrogen and oxygen atoms in total. The zero-order chi connectivity index (χ0) is 17.8. The summed E-state index contributed by atoms with van der Waals surface area (Å²) in [5.41, 5.74) is -0.391. The number of thioether (sulfide) groups is 1. The summed E-state index contributed by atoms with van der Waals surface area (Å²) in [6.45, 7) is 7.04. The van der Waals surface area contributed by atoms with Crippen molar-refractivity contribution in [3.8, 4) is 0 Å². The number of hydrogen-bond donors (Lipinski definition) is 0. The Morgan fingerprint density at radius 1 is 1.13 bits per heavy atom. The number of halogens is 3. The van der Waals surface area contributed by atoms with Crippen molar-refractivity contribution in [2.24, 2.45) is 0 Å². The predicted molar refractivity (Wildman–Crippen MR) is 86.5 cm³/mol. The molecule has 0 aliphatic carbocycles. The van der Waals surface area contributed by atoms with Crippen LogP contribution in [-0.2, 0) is 15.8 Å². The number of benzene rings is 1.